The van der Waals surface area contributed by atoms with Crippen molar-refractivity contribution < 1.29 is 0 Å². The Bertz CT molecular complexity index is 93.7. The van der Waals surface area contributed by atoms with E-state index in [4.69, 9.17) is 0 Å². The smallest absolute Gasteiger partial charge is 0.0194 e. The molecule has 2 heteroatoms. The first-order valence-electron chi connectivity index (χ1n) is 4.67. The molecule has 2 nitrogen and oxygen atoms in total. The quantitative estimate of drug-likeness (QED) is 0.643. The Kier molecular flexibility index (Phi) is 3.87. The lowest BCUT2D eigenvalue weighted by molar-refractivity contribution is 0.334. The minimum absolute atomic E-state index is 0.743. The molecule has 0 aromatic heterocycles. The predicted octanol–water partition coefficient (Wildman–Crippen LogP) is 1.08. The lowest BCUT2D eigenvalue weighted by Gasteiger charge is -2.19. The number of nitrogens with zero attached hydrogens (tertiary/aromatic N) is 1. The molecule has 0 spiro atoms. The van der Waals surface area contributed by atoms with Gasteiger partial charge in [0.25, 0.3) is 0 Å². The Morgan fingerprint density at radius 3 is 2.82 bits per heavy atom. The third kappa shape index (κ3) is 3.73. The molecule has 1 N–H and O–H groups in total. The second kappa shape index (κ2) is 4.73. The van der Waals surface area contributed by atoms with Crippen LogP contribution in [0.1, 0.15) is 25.7 Å². The van der Waals surface area contributed by atoms with Crippen LogP contribution < -0.4 is 5.32 Å². The molecule has 11 heavy (non-hydrogen) atoms. The summed E-state index contributed by atoms with van der Waals surface area (Å²) in [6.07, 6.45) is 5.55. The van der Waals surface area contributed by atoms with Gasteiger partial charge in [-0.2, -0.15) is 0 Å². The highest BCUT2D eigenvalue weighted by molar-refractivity contribution is 4.72. The predicted molar refractivity (Wildman–Crippen MR) is 48.8 cm³/mol. The van der Waals surface area contributed by atoms with Gasteiger partial charge in [-0.1, -0.05) is 12.8 Å². The summed E-state index contributed by atoms with van der Waals surface area (Å²) in [5, 5.41) is 3.57. The first-order valence-corrected chi connectivity index (χ1v) is 4.67. The molecule has 0 amide bonds. The van der Waals surface area contributed by atoms with Gasteiger partial charge >= 0.3 is 0 Å². The van der Waals surface area contributed by atoms with Crippen LogP contribution in [0.2, 0.25) is 0 Å². The normalized spacial score (nSPS) is 27.0. The van der Waals surface area contributed by atoms with E-state index in [0.717, 1.165) is 6.04 Å². The first-order chi connectivity index (χ1) is 5.29. The van der Waals surface area contributed by atoms with E-state index < -0.39 is 0 Å². The van der Waals surface area contributed by atoms with E-state index in [-0.39, 0.29) is 0 Å². The fraction of sp³-hybridized carbons (Fsp3) is 1.00. The zero-order valence-electron chi connectivity index (χ0n) is 7.77. The molecule has 1 saturated heterocycles. The van der Waals surface area contributed by atoms with Crippen molar-refractivity contribution in [3.05, 3.63) is 0 Å². The Hall–Kier alpha value is -0.0800. The van der Waals surface area contributed by atoms with Crippen LogP contribution in [0.4, 0.5) is 0 Å². The van der Waals surface area contributed by atoms with E-state index in [1.165, 1.54) is 38.8 Å². The van der Waals surface area contributed by atoms with Crippen LogP contribution >= 0.6 is 0 Å². The van der Waals surface area contributed by atoms with Crippen LogP contribution in [0.25, 0.3) is 0 Å². The Labute approximate surface area is 70.0 Å². The zero-order valence-corrected chi connectivity index (χ0v) is 7.77. The SMILES string of the molecule is CN(C)C[C@H]1CCCCCN1. The maximum absolute atomic E-state index is 3.57. The molecule has 1 atom stereocenters. The zero-order chi connectivity index (χ0) is 8.10. The Morgan fingerprint density at radius 2 is 2.09 bits per heavy atom. The molecule has 1 heterocycles. The van der Waals surface area contributed by atoms with Crippen LogP contribution in [0, 0.1) is 0 Å². The lowest BCUT2D eigenvalue weighted by atomic mass is 10.1. The minimum Gasteiger partial charge on any atom is -0.313 e. The van der Waals surface area contributed by atoms with Crippen LogP contribution in [-0.2, 0) is 0 Å². The van der Waals surface area contributed by atoms with Gasteiger partial charge in [-0.15, -0.1) is 0 Å². The number of likely N-dealkylation sites (N-methyl/N-ethyl adjacent to an activating group) is 1. The van der Waals surface area contributed by atoms with Crippen LogP contribution in [-0.4, -0.2) is 38.1 Å². The molecule has 0 radical (unpaired) electrons. The molecule has 1 aliphatic rings. The Morgan fingerprint density at radius 1 is 1.27 bits per heavy atom. The standard InChI is InChI=1S/C9H20N2/c1-11(2)8-9-6-4-3-5-7-10-9/h9-10H,3-8H2,1-2H3/t9-/m1/s1. The molecule has 0 bridgehead atoms. The van der Waals surface area contributed by atoms with Crippen molar-refractivity contribution in [1.82, 2.24) is 10.2 Å². The minimum atomic E-state index is 0.743. The molecule has 66 valence electrons. The van der Waals surface area contributed by atoms with Gasteiger partial charge < -0.3 is 10.2 Å². The summed E-state index contributed by atoms with van der Waals surface area (Å²) in [5.74, 6) is 0. The average molecular weight is 156 g/mol. The van der Waals surface area contributed by atoms with Gasteiger partial charge in [-0.25, -0.2) is 0 Å². The molecule has 1 rings (SSSR count). The molecule has 0 aromatic carbocycles. The topological polar surface area (TPSA) is 15.3 Å². The summed E-state index contributed by atoms with van der Waals surface area (Å²) < 4.78 is 0. The maximum Gasteiger partial charge on any atom is 0.0194 e. The van der Waals surface area contributed by atoms with Crippen LogP contribution in [0.5, 0.6) is 0 Å². The van der Waals surface area contributed by atoms with E-state index in [9.17, 15) is 0 Å². The third-order valence-electron chi connectivity index (χ3n) is 2.25. The van der Waals surface area contributed by atoms with Crippen molar-refractivity contribution in [2.75, 3.05) is 27.2 Å². The second-order valence-corrected chi connectivity index (χ2v) is 3.76. The molecular weight excluding hydrogens is 136 g/mol. The highest BCUT2D eigenvalue weighted by atomic mass is 15.1. The van der Waals surface area contributed by atoms with Crippen molar-refractivity contribution in [2.45, 2.75) is 31.7 Å². The first kappa shape index (κ1) is 9.01. The van der Waals surface area contributed by atoms with Crippen LogP contribution in [0.15, 0.2) is 0 Å². The summed E-state index contributed by atoms with van der Waals surface area (Å²) >= 11 is 0. The molecular formula is C9H20N2. The Balaban J connectivity index is 2.20. The van der Waals surface area contributed by atoms with Gasteiger partial charge in [0.05, 0.1) is 0 Å². The maximum atomic E-state index is 3.57. The fourth-order valence-corrected chi connectivity index (χ4v) is 1.70. The third-order valence-corrected chi connectivity index (χ3v) is 2.25. The largest absolute Gasteiger partial charge is 0.313 e. The second-order valence-electron chi connectivity index (χ2n) is 3.76. The van der Waals surface area contributed by atoms with Gasteiger partial charge in [0, 0.05) is 12.6 Å². The van der Waals surface area contributed by atoms with Crippen molar-refractivity contribution in [3.8, 4) is 0 Å². The van der Waals surface area contributed by atoms with Gasteiger partial charge in [0.15, 0.2) is 0 Å². The summed E-state index contributed by atoms with van der Waals surface area (Å²) in [6.45, 7) is 2.42. The molecule has 1 aliphatic heterocycles. The number of hydrogen-bond acceptors (Lipinski definition) is 2. The number of hydrogen-bond donors (Lipinski definition) is 1. The van der Waals surface area contributed by atoms with Gasteiger partial charge in [0.2, 0.25) is 0 Å². The molecule has 1 fully saturated rings. The van der Waals surface area contributed by atoms with Gasteiger partial charge in [-0.05, 0) is 33.5 Å². The van der Waals surface area contributed by atoms with E-state index >= 15 is 0 Å². The summed E-state index contributed by atoms with van der Waals surface area (Å²) in [6, 6.07) is 0.743. The highest BCUT2D eigenvalue weighted by Gasteiger charge is 2.10. The van der Waals surface area contributed by atoms with Crippen molar-refractivity contribution in [1.29, 1.82) is 0 Å². The number of nitrogens with one attached hydrogen (secondary N) is 1. The van der Waals surface area contributed by atoms with E-state index in [2.05, 4.69) is 24.3 Å². The van der Waals surface area contributed by atoms with E-state index in [0.29, 0.717) is 0 Å². The number of rotatable bonds is 2. The lowest BCUT2D eigenvalue weighted by Crippen LogP contribution is -2.37. The van der Waals surface area contributed by atoms with E-state index in [1.807, 2.05) is 0 Å². The molecule has 0 unspecified atom stereocenters. The summed E-state index contributed by atoms with van der Waals surface area (Å²) in [5.41, 5.74) is 0. The summed E-state index contributed by atoms with van der Waals surface area (Å²) in [7, 11) is 4.29. The average Bonchev–Trinajstić information content (AvgIpc) is 2.14. The van der Waals surface area contributed by atoms with Gasteiger partial charge in [-0.3, -0.25) is 0 Å². The molecule has 0 saturated carbocycles. The van der Waals surface area contributed by atoms with Crippen LogP contribution in [0.3, 0.4) is 0 Å². The molecule has 0 aromatic rings. The van der Waals surface area contributed by atoms with Crippen molar-refractivity contribution in [2.24, 2.45) is 0 Å². The highest BCUT2D eigenvalue weighted by Crippen LogP contribution is 2.08. The monoisotopic (exact) mass is 156 g/mol. The van der Waals surface area contributed by atoms with Crippen molar-refractivity contribution in [3.63, 3.8) is 0 Å². The molecule has 0 aliphatic carbocycles. The fourth-order valence-electron chi connectivity index (χ4n) is 1.70. The van der Waals surface area contributed by atoms with Gasteiger partial charge in [0.1, 0.15) is 0 Å². The summed E-state index contributed by atoms with van der Waals surface area (Å²) in [4.78, 5) is 2.27. The van der Waals surface area contributed by atoms with Crippen molar-refractivity contribution >= 4 is 0 Å². The van der Waals surface area contributed by atoms with E-state index in [1.54, 1.807) is 0 Å².